The summed E-state index contributed by atoms with van der Waals surface area (Å²) in [6.07, 6.45) is 9.17. The highest BCUT2D eigenvalue weighted by Crippen LogP contribution is 2.04. The van der Waals surface area contributed by atoms with Crippen LogP contribution in [0.1, 0.15) is 44.1 Å². The number of aryl methyl sites for hydroxylation is 1. The Morgan fingerprint density at radius 3 is 2.41 bits per heavy atom. The van der Waals surface area contributed by atoms with Gasteiger partial charge in [0.15, 0.2) is 0 Å². The molecule has 0 aliphatic carbocycles. The molecular formula is C21H31N3O5. The monoisotopic (exact) mass is 405 g/mol. The Hall–Kier alpha value is -2.90. The van der Waals surface area contributed by atoms with Gasteiger partial charge in [-0.3, -0.25) is 14.6 Å². The molecule has 0 unspecified atom stereocenters. The first-order valence-corrected chi connectivity index (χ1v) is 9.97. The van der Waals surface area contributed by atoms with Crippen molar-refractivity contribution in [1.29, 1.82) is 0 Å². The number of carbonyl (C=O) groups excluding carboxylic acids is 3. The van der Waals surface area contributed by atoms with Crippen LogP contribution in [0.15, 0.2) is 37.2 Å². The molecule has 2 amide bonds. The van der Waals surface area contributed by atoms with Gasteiger partial charge in [0, 0.05) is 31.9 Å². The smallest absolute Gasteiger partial charge is 0.407 e. The number of esters is 1. The van der Waals surface area contributed by atoms with Crippen molar-refractivity contribution in [2.24, 2.45) is 0 Å². The lowest BCUT2D eigenvalue weighted by atomic mass is 10.1. The summed E-state index contributed by atoms with van der Waals surface area (Å²) < 4.78 is 10.3. The molecule has 0 aliphatic rings. The molecule has 29 heavy (non-hydrogen) atoms. The molecule has 0 saturated carbocycles. The molecule has 0 atom stereocenters. The number of rotatable bonds is 15. The number of alkyl carbamates (subject to hydrolysis) is 1. The van der Waals surface area contributed by atoms with Gasteiger partial charge in [0.05, 0.1) is 13.2 Å². The van der Waals surface area contributed by atoms with Crippen LogP contribution in [-0.4, -0.2) is 49.3 Å². The van der Waals surface area contributed by atoms with Crippen molar-refractivity contribution in [2.75, 3.05) is 26.3 Å². The Morgan fingerprint density at radius 1 is 1.00 bits per heavy atom. The highest BCUT2D eigenvalue weighted by Gasteiger charge is 2.04. The maximum Gasteiger partial charge on any atom is 0.407 e. The lowest BCUT2D eigenvalue weighted by Crippen LogP contribution is -2.29. The minimum absolute atomic E-state index is 0.196. The molecule has 0 radical (unpaired) electrons. The Balaban J connectivity index is 1.86. The van der Waals surface area contributed by atoms with Crippen LogP contribution in [-0.2, 0) is 25.5 Å². The molecule has 0 aliphatic heterocycles. The van der Waals surface area contributed by atoms with Gasteiger partial charge >= 0.3 is 12.1 Å². The standard InChI is InChI=1S/C21H31N3O5/c1-2-19(25)23-13-8-14-24-21(27)29-16-6-4-3-5-15-28-20(26)11-10-18-9-7-12-22-17-18/h2,7,9,12,17H,1,3-6,8,10-11,13-16H2,(H,23,25)(H,24,27). The Labute approximate surface area is 172 Å². The van der Waals surface area contributed by atoms with E-state index in [1.165, 1.54) is 6.08 Å². The van der Waals surface area contributed by atoms with Crippen LogP contribution in [0.25, 0.3) is 0 Å². The molecule has 0 saturated heterocycles. The molecule has 2 N–H and O–H groups in total. The molecule has 1 aromatic heterocycles. The summed E-state index contributed by atoms with van der Waals surface area (Å²) in [6, 6.07) is 3.78. The fourth-order valence-corrected chi connectivity index (χ4v) is 2.39. The third-order valence-electron chi connectivity index (χ3n) is 3.98. The molecule has 1 rings (SSSR count). The van der Waals surface area contributed by atoms with Gasteiger partial charge in [0.2, 0.25) is 5.91 Å². The highest BCUT2D eigenvalue weighted by atomic mass is 16.5. The van der Waals surface area contributed by atoms with Crippen molar-refractivity contribution < 1.29 is 23.9 Å². The first-order chi connectivity index (χ1) is 14.1. The number of nitrogens with one attached hydrogen (secondary N) is 2. The Kier molecular flexibility index (Phi) is 13.4. The predicted molar refractivity (Wildman–Crippen MR) is 109 cm³/mol. The molecule has 0 aromatic carbocycles. The highest BCUT2D eigenvalue weighted by molar-refractivity contribution is 5.86. The van der Waals surface area contributed by atoms with E-state index in [1.54, 1.807) is 12.4 Å². The molecule has 1 aromatic rings. The second kappa shape index (κ2) is 16.1. The molecular weight excluding hydrogens is 374 g/mol. The van der Waals surface area contributed by atoms with Crippen LogP contribution in [0.5, 0.6) is 0 Å². The lowest BCUT2D eigenvalue weighted by Gasteiger charge is -2.07. The number of unbranched alkanes of at least 4 members (excludes halogenated alkanes) is 3. The first kappa shape index (κ1) is 24.1. The number of hydrogen-bond donors (Lipinski definition) is 2. The van der Waals surface area contributed by atoms with E-state index >= 15 is 0 Å². The molecule has 1 heterocycles. The molecule has 0 fully saturated rings. The van der Waals surface area contributed by atoms with E-state index in [-0.39, 0.29) is 11.9 Å². The number of nitrogens with zero attached hydrogens (tertiary/aromatic N) is 1. The Bertz CT molecular complexity index is 622. The zero-order valence-electron chi connectivity index (χ0n) is 16.9. The quantitative estimate of drug-likeness (QED) is 0.264. The normalized spacial score (nSPS) is 10.1. The maximum absolute atomic E-state index is 11.7. The van der Waals surface area contributed by atoms with Gasteiger partial charge in [-0.15, -0.1) is 0 Å². The van der Waals surface area contributed by atoms with Crippen molar-refractivity contribution in [3.63, 3.8) is 0 Å². The van der Waals surface area contributed by atoms with Crippen LogP contribution in [0.4, 0.5) is 4.79 Å². The summed E-state index contributed by atoms with van der Waals surface area (Å²) in [6.45, 7) is 5.02. The average molecular weight is 405 g/mol. The van der Waals surface area contributed by atoms with E-state index < -0.39 is 6.09 Å². The van der Waals surface area contributed by atoms with Crippen molar-refractivity contribution in [3.8, 4) is 0 Å². The van der Waals surface area contributed by atoms with E-state index in [2.05, 4.69) is 22.2 Å². The van der Waals surface area contributed by atoms with Crippen molar-refractivity contribution in [1.82, 2.24) is 15.6 Å². The summed E-state index contributed by atoms with van der Waals surface area (Å²) in [5.41, 5.74) is 1.02. The van der Waals surface area contributed by atoms with Gasteiger partial charge in [-0.05, 0) is 56.2 Å². The second-order valence-corrected chi connectivity index (χ2v) is 6.41. The predicted octanol–water partition coefficient (Wildman–Crippen LogP) is 2.54. The maximum atomic E-state index is 11.7. The lowest BCUT2D eigenvalue weighted by molar-refractivity contribution is -0.143. The summed E-state index contributed by atoms with van der Waals surface area (Å²) >= 11 is 0. The Morgan fingerprint density at radius 2 is 1.72 bits per heavy atom. The topological polar surface area (TPSA) is 107 Å². The van der Waals surface area contributed by atoms with E-state index in [1.807, 2.05) is 12.1 Å². The minimum Gasteiger partial charge on any atom is -0.466 e. The largest absolute Gasteiger partial charge is 0.466 e. The second-order valence-electron chi connectivity index (χ2n) is 6.41. The van der Waals surface area contributed by atoms with Gasteiger partial charge in [0.1, 0.15) is 0 Å². The van der Waals surface area contributed by atoms with Gasteiger partial charge in [-0.1, -0.05) is 12.6 Å². The van der Waals surface area contributed by atoms with Crippen molar-refractivity contribution in [3.05, 3.63) is 42.7 Å². The third-order valence-corrected chi connectivity index (χ3v) is 3.98. The van der Waals surface area contributed by atoms with Crippen LogP contribution in [0.3, 0.4) is 0 Å². The van der Waals surface area contributed by atoms with E-state index in [4.69, 9.17) is 9.47 Å². The zero-order chi connectivity index (χ0) is 21.2. The summed E-state index contributed by atoms with van der Waals surface area (Å²) in [5, 5.41) is 5.24. The fraction of sp³-hybridized carbons (Fsp3) is 0.524. The summed E-state index contributed by atoms with van der Waals surface area (Å²) in [4.78, 5) is 38.1. The third kappa shape index (κ3) is 13.8. The average Bonchev–Trinajstić information content (AvgIpc) is 2.74. The number of pyridine rings is 1. The van der Waals surface area contributed by atoms with Crippen LogP contribution < -0.4 is 10.6 Å². The number of amides is 2. The first-order valence-electron chi connectivity index (χ1n) is 9.97. The van der Waals surface area contributed by atoms with Crippen molar-refractivity contribution >= 4 is 18.0 Å². The minimum atomic E-state index is -0.456. The fourth-order valence-electron chi connectivity index (χ4n) is 2.39. The number of ether oxygens (including phenoxy) is 2. The SMILES string of the molecule is C=CC(=O)NCCCNC(=O)OCCCCCCOC(=O)CCc1cccnc1. The van der Waals surface area contributed by atoms with Crippen LogP contribution in [0, 0.1) is 0 Å². The van der Waals surface area contributed by atoms with Gasteiger partial charge in [-0.25, -0.2) is 4.79 Å². The van der Waals surface area contributed by atoms with Crippen molar-refractivity contribution in [2.45, 2.75) is 44.9 Å². The molecule has 8 heteroatoms. The number of carbonyl (C=O) groups is 3. The van der Waals surface area contributed by atoms with Crippen LogP contribution >= 0.6 is 0 Å². The van der Waals surface area contributed by atoms with E-state index in [0.717, 1.165) is 31.2 Å². The number of hydrogen-bond acceptors (Lipinski definition) is 6. The molecule has 8 nitrogen and oxygen atoms in total. The molecule has 0 spiro atoms. The zero-order valence-corrected chi connectivity index (χ0v) is 16.9. The molecule has 160 valence electrons. The molecule has 0 bridgehead atoms. The van der Waals surface area contributed by atoms with E-state index in [9.17, 15) is 14.4 Å². The van der Waals surface area contributed by atoms with Gasteiger partial charge in [-0.2, -0.15) is 0 Å². The summed E-state index contributed by atoms with van der Waals surface area (Å²) in [5.74, 6) is -0.426. The van der Waals surface area contributed by atoms with Gasteiger partial charge in [0.25, 0.3) is 0 Å². The van der Waals surface area contributed by atoms with Crippen LogP contribution in [0.2, 0.25) is 0 Å². The van der Waals surface area contributed by atoms with Gasteiger partial charge < -0.3 is 20.1 Å². The van der Waals surface area contributed by atoms with E-state index in [0.29, 0.717) is 45.6 Å². The summed E-state index contributed by atoms with van der Waals surface area (Å²) in [7, 11) is 0. The number of aromatic nitrogens is 1.